The number of nitrogens with zero attached hydrogens (tertiary/aromatic N) is 2. The van der Waals surface area contributed by atoms with Crippen molar-refractivity contribution in [1.82, 2.24) is 9.55 Å². The first-order valence-corrected chi connectivity index (χ1v) is 6.49. The first-order valence-electron chi connectivity index (χ1n) is 5.61. The minimum absolute atomic E-state index is 0.208. The maximum atomic E-state index is 9.94. The summed E-state index contributed by atoms with van der Waals surface area (Å²) in [6.45, 7) is 0. The Morgan fingerprint density at radius 1 is 1.44 bits per heavy atom. The quantitative estimate of drug-likeness (QED) is 0.867. The lowest BCUT2D eigenvalue weighted by Crippen LogP contribution is -2.18. The Labute approximate surface area is 98.4 Å². The predicted octanol–water partition coefficient (Wildman–Crippen LogP) is 2.70. The molecule has 4 heteroatoms. The highest BCUT2D eigenvalue weighted by molar-refractivity contribution is 7.13. The molecule has 16 heavy (non-hydrogen) atoms. The Bertz CT molecular complexity index is 463. The third-order valence-corrected chi connectivity index (χ3v) is 4.08. The smallest absolute Gasteiger partial charge is 0.150 e. The molecular formula is C12H14N2OS. The first kappa shape index (κ1) is 10.1. The molecule has 1 fully saturated rings. The molecule has 2 aromatic rings. The maximum Gasteiger partial charge on any atom is 0.150 e. The molecule has 0 radical (unpaired) electrons. The molecule has 2 unspecified atom stereocenters. The monoisotopic (exact) mass is 234 g/mol. The van der Waals surface area contributed by atoms with Crippen LogP contribution in [0.4, 0.5) is 0 Å². The van der Waals surface area contributed by atoms with Gasteiger partial charge in [0.15, 0.2) is 0 Å². The highest BCUT2D eigenvalue weighted by Crippen LogP contribution is 2.34. The van der Waals surface area contributed by atoms with Crippen molar-refractivity contribution in [1.29, 1.82) is 0 Å². The van der Waals surface area contributed by atoms with E-state index in [1.165, 1.54) is 4.88 Å². The summed E-state index contributed by atoms with van der Waals surface area (Å²) in [4.78, 5) is 5.57. The van der Waals surface area contributed by atoms with Crippen LogP contribution in [0.15, 0.2) is 29.9 Å². The van der Waals surface area contributed by atoms with Gasteiger partial charge in [-0.3, -0.25) is 0 Å². The number of imidazole rings is 1. The second-order valence-electron chi connectivity index (χ2n) is 4.20. The number of hydrogen-bond donors (Lipinski definition) is 1. The molecule has 2 atom stereocenters. The topological polar surface area (TPSA) is 38.0 Å². The Kier molecular flexibility index (Phi) is 2.53. The summed E-state index contributed by atoms with van der Waals surface area (Å²) in [5, 5.41) is 12.0. The first-order chi connectivity index (χ1) is 7.86. The summed E-state index contributed by atoms with van der Waals surface area (Å²) in [6.07, 6.45) is 6.65. The third-order valence-electron chi connectivity index (χ3n) is 3.21. The summed E-state index contributed by atoms with van der Waals surface area (Å²) in [5.41, 5.74) is 0. The molecule has 1 N–H and O–H groups in total. The SMILES string of the molecule is OC1CCCC1n1ccnc1-c1cccs1. The molecule has 1 aliphatic rings. The number of aliphatic hydroxyl groups excluding tert-OH is 1. The van der Waals surface area contributed by atoms with Crippen LogP contribution in [-0.4, -0.2) is 20.8 Å². The molecule has 0 spiro atoms. The molecule has 3 nitrogen and oxygen atoms in total. The van der Waals surface area contributed by atoms with Gasteiger partial charge in [-0.2, -0.15) is 0 Å². The van der Waals surface area contributed by atoms with E-state index in [-0.39, 0.29) is 12.1 Å². The second kappa shape index (κ2) is 4.03. The zero-order valence-corrected chi connectivity index (χ0v) is 9.73. The van der Waals surface area contributed by atoms with E-state index in [1.54, 1.807) is 11.3 Å². The molecule has 3 rings (SSSR count). The van der Waals surface area contributed by atoms with Gasteiger partial charge >= 0.3 is 0 Å². The van der Waals surface area contributed by atoms with Gasteiger partial charge in [-0.1, -0.05) is 6.07 Å². The molecule has 0 bridgehead atoms. The molecule has 84 valence electrons. The van der Waals surface area contributed by atoms with Crippen molar-refractivity contribution in [3.63, 3.8) is 0 Å². The number of thiophene rings is 1. The molecule has 0 aliphatic heterocycles. The summed E-state index contributed by atoms with van der Waals surface area (Å²) in [6, 6.07) is 4.31. The molecule has 2 heterocycles. The van der Waals surface area contributed by atoms with Gasteiger partial charge in [0.1, 0.15) is 5.82 Å². The Morgan fingerprint density at radius 3 is 3.06 bits per heavy atom. The van der Waals surface area contributed by atoms with Gasteiger partial charge in [-0.05, 0) is 30.7 Å². The molecular weight excluding hydrogens is 220 g/mol. The molecule has 0 amide bonds. The second-order valence-corrected chi connectivity index (χ2v) is 5.15. The van der Waals surface area contributed by atoms with Crippen LogP contribution < -0.4 is 0 Å². The lowest BCUT2D eigenvalue weighted by molar-refractivity contribution is 0.137. The zero-order chi connectivity index (χ0) is 11.0. The van der Waals surface area contributed by atoms with E-state index in [2.05, 4.69) is 21.0 Å². The zero-order valence-electron chi connectivity index (χ0n) is 8.91. The van der Waals surface area contributed by atoms with Gasteiger partial charge in [0.05, 0.1) is 17.0 Å². The van der Waals surface area contributed by atoms with Gasteiger partial charge in [0, 0.05) is 12.4 Å². The number of aliphatic hydroxyl groups is 1. The Hall–Kier alpha value is -1.13. The van der Waals surface area contributed by atoms with Crippen LogP contribution in [0.5, 0.6) is 0 Å². The van der Waals surface area contributed by atoms with Crippen LogP contribution >= 0.6 is 11.3 Å². The van der Waals surface area contributed by atoms with Crippen molar-refractivity contribution >= 4 is 11.3 Å². The van der Waals surface area contributed by atoms with Crippen molar-refractivity contribution in [2.45, 2.75) is 31.4 Å². The summed E-state index contributed by atoms with van der Waals surface area (Å²) in [7, 11) is 0. The third kappa shape index (κ3) is 1.58. The fraction of sp³-hybridized carbons (Fsp3) is 0.417. The molecule has 1 saturated carbocycles. The Balaban J connectivity index is 1.99. The summed E-state index contributed by atoms with van der Waals surface area (Å²) < 4.78 is 2.13. The maximum absolute atomic E-state index is 9.94. The van der Waals surface area contributed by atoms with Crippen molar-refractivity contribution in [3.8, 4) is 10.7 Å². The van der Waals surface area contributed by atoms with Gasteiger partial charge < -0.3 is 9.67 Å². The van der Waals surface area contributed by atoms with Crippen LogP contribution in [0, 0.1) is 0 Å². The van der Waals surface area contributed by atoms with Crippen molar-refractivity contribution in [2.75, 3.05) is 0 Å². The van der Waals surface area contributed by atoms with E-state index in [9.17, 15) is 5.11 Å². The fourth-order valence-corrected chi connectivity index (χ4v) is 3.15. The largest absolute Gasteiger partial charge is 0.391 e. The van der Waals surface area contributed by atoms with E-state index < -0.39 is 0 Å². The predicted molar refractivity (Wildman–Crippen MR) is 64.4 cm³/mol. The van der Waals surface area contributed by atoms with Gasteiger partial charge in [-0.15, -0.1) is 11.3 Å². The van der Waals surface area contributed by atoms with E-state index >= 15 is 0 Å². The average Bonchev–Trinajstić information content (AvgIpc) is 2.95. The van der Waals surface area contributed by atoms with E-state index in [1.807, 2.05) is 18.5 Å². The van der Waals surface area contributed by atoms with Crippen LogP contribution in [0.1, 0.15) is 25.3 Å². The summed E-state index contributed by atoms with van der Waals surface area (Å²) >= 11 is 1.69. The van der Waals surface area contributed by atoms with Gasteiger partial charge in [0.2, 0.25) is 0 Å². The van der Waals surface area contributed by atoms with Crippen LogP contribution in [0.2, 0.25) is 0 Å². The number of aromatic nitrogens is 2. The van der Waals surface area contributed by atoms with Crippen LogP contribution in [-0.2, 0) is 0 Å². The molecule has 0 aromatic carbocycles. The van der Waals surface area contributed by atoms with E-state index in [0.717, 1.165) is 25.1 Å². The Morgan fingerprint density at radius 2 is 2.38 bits per heavy atom. The van der Waals surface area contributed by atoms with E-state index in [4.69, 9.17) is 0 Å². The highest BCUT2D eigenvalue weighted by atomic mass is 32.1. The minimum Gasteiger partial charge on any atom is -0.391 e. The van der Waals surface area contributed by atoms with Crippen molar-refractivity contribution in [2.24, 2.45) is 0 Å². The minimum atomic E-state index is -0.215. The normalized spacial score (nSPS) is 25.1. The number of rotatable bonds is 2. The van der Waals surface area contributed by atoms with Crippen molar-refractivity contribution < 1.29 is 5.11 Å². The van der Waals surface area contributed by atoms with Crippen LogP contribution in [0.25, 0.3) is 10.7 Å². The van der Waals surface area contributed by atoms with Crippen molar-refractivity contribution in [3.05, 3.63) is 29.9 Å². The standard InChI is InChI=1S/C12H14N2OS/c15-10-4-1-3-9(10)14-7-6-13-12(14)11-5-2-8-16-11/h2,5-10,15H,1,3-4H2. The van der Waals surface area contributed by atoms with Crippen LogP contribution in [0.3, 0.4) is 0 Å². The lowest BCUT2D eigenvalue weighted by atomic mass is 10.2. The average molecular weight is 234 g/mol. The van der Waals surface area contributed by atoms with Gasteiger partial charge in [0.25, 0.3) is 0 Å². The highest BCUT2D eigenvalue weighted by Gasteiger charge is 2.28. The lowest BCUT2D eigenvalue weighted by Gasteiger charge is -2.18. The van der Waals surface area contributed by atoms with Gasteiger partial charge in [-0.25, -0.2) is 4.98 Å². The number of hydrogen-bond acceptors (Lipinski definition) is 3. The van der Waals surface area contributed by atoms with E-state index in [0.29, 0.717) is 0 Å². The summed E-state index contributed by atoms with van der Waals surface area (Å²) in [5.74, 6) is 0.987. The molecule has 1 aliphatic carbocycles. The fourth-order valence-electron chi connectivity index (χ4n) is 2.42. The molecule has 0 saturated heterocycles. The molecule has 2 aromatic heterocycles.